The molecule has 0 aliphatic heterocycles. The third-order valence-corrected chi connectivity index (χ3v) is 5.29. The first-order valence-corrected chi connectivity index (χ1v) is 9.72. The topological polar surface area (TPSA) is 89.5 Å². The molecule has 120 valence electrons. The van der Waals surface area contributed by atoms with Crippen LogP contribution in [0, 0.1) is 5.82 Å². The van der Waals surface area contributed by atoms with Gasteiger partial charge in [0.25, 0.3) is 9.05 Å². The van der Waals surface area contributed by atoms with Gasteiger partial charge in [0.15, 0.2) is 0 Å². The molecule has 0 aromatic heterocycles. The summed E-state index contributed by atoms with van der Waals surface area (Å²) < 4.78 is 67.1. The first-order chi connectivity index (χ1) is 9.58. The standard InChI is InChI=1S/C11H15ClFNO5S2/c1-3-19-8(2)7-14-21(17,18)11-5-4-9(6-10(11)13)20(12,15)16/h4-6,8,14H,3,7H2,1-2H3. The molecule has 0 heterocycles. The summed E-state index contributed by atoms with van der Waals surface area (Å²) in [4.78, 5) is -1.17. The highest BCUT2D eigenvalue weighted by Gasteiger charge is 2.22. The maximum atomic E-state index is 13.8. The van der Waals surface area contributed by atoms with Gasteiger partial charge in [-0.15, -0.1) is 0 Å². The number of nitrogens with one attached hydrogen (secondary N) is 1. The summed E-state index contributed by atoms with van der Waals surface area (Å²) in [5.74, 6) is -1.20. The van der Waals surface area contributed by atoms with Crippen LogP contribution in [0.5, 0.6) is 0 Å². The molecule has 0 saturated heterocycles. The summed E-state index contributed by atoms with van der Waals surface area (Å²) >= 11 is 0. The van der Waals surface area contributed by atoms with Gasteiger partial charge in [-0.1, -0.05) is 0 Å². The van der Waals surface area contributed by atoms with Crippen molar-refractivity contribution in [1.29, 1.82) is 0 Å². The fraction of sp³-hybridized carbons (Fsp3) is 0.455. The lowest BCUT2D eigenvalue weighted by atomic mass is 10.3. The Morgan fingerprint density at radius 2 is 1.95 bits per heavy atom. The Balaban J connectivity index is 2.99. The maximum absolute atomic E-state index is 13.8. The lowest BCUT2D eigenvalue weighted by Crippen LogP contribution is -2.32. The molecule has 1 aromatic rings. The van der Waals surface area contributed by atoms with Crippen molar-refractivity contribution in [1.82, 2.24) is 4.72 Å². The number of rotatable bonds is 7. The highest BCUT2D eigenvalue weighted by molar-refractivity contribution is 8.13. The second-order valence-electron chi connectivity index (χ2n) is 4.15. The second-order valence-corrected chi connectivity index (χ2v) is 8.45. The van der Waals surface area contributed by atoms with Gasteiger partial charge in [0.1, 0.15) is 10.7 Å². The molecule has 1 unspecified atom stereocenters. The summed E-state index contributed by atoms with van der Waals surface area (Å²) in [6.45, 7) is 3.80. The molecule has 1 atom stereocenters. The molecule has 1 rings (SSSR count). The molecule has 6 nitrogen and oxygen atoms in total. The minimum absolute atomic E-state index is 0.0365. The molecule has 0 amide bonds. The summed E-state index contributed by atoms with van der Waals surface area (Å²) in [5, 5.41) is 0. The van der Waals surface area contributed by atoms with Crippen LogP contribution >= 0.6 is 10.7 Å². The number of sulfonamides is 1. The van der Waals surface area contributed by atoms with E-state index in [0.29, 0.717) is 12.7 Å². The van der Waals surface area contributed by atoms with Gasteiger partial charge in [0.05, 0.1) is 11.0 Å². The van der Waals surface area contributed by atoms with E-state index in [1.165, 1.54) is 0 Å². The fourth-order valence-electron chi connectivity index (χ4n) is 1.50. The van der Waals surface area contributed by atoms with Gasteiger partial charge in [-0.25, -0.2) is 25.9 Å². The fourth-order valence-corrected chi connectivity index (χ4v) is 3.43. The first kappa shape index (κ1) is 18.3. The molecular formula is C11H15ClFNO5S2. The predicted octanol–water partition coefficient (Wildman–Crippen LogP) is 1.46. The summed E-state index contributed by atoms with van der Waals surface area (Å²) in [6.07, 6.45) is -0.379. The van der Waals surface area contributed by atoms with E-state index >= 15 is 0 Å². The Morgan fingerprint density at radius 3 is 2.43 bits per heavy atom. The quantitative estimate of drug-likeness (QED) is 0.744. The zero-order chi connectivity index (χ0) is 16.3. The molecule has 0 saturated carbocycles. The van der Waals surface area contributed by atoms with Gasteiger partial charge in [0.2, 0.25) is 10.0 Å². The smallest absolute Gasteiger partial charge is 0.261 e. The van der Waals surface area contributed by atoms with Gasteiger partial charge >= 0.3 is 0 Å². The minimum atomic E-state index is -4.12. The molecule has 0 spiro atoms. The van der Waals surface area contributed by atoms with E-state index in [0.717, 1.165) is 12.1 Å². The van der Waals surface area contributed by atoms with Crippen LogP contribution in [0.15, 0.2) is 28.0 Å². The SMILES string of the molecule is CCOC(C)CNS(=O)(=O)c1ccc(S(=O)(=O)Cl)cc1F. The Bertz CT molecular complexity index is 705. The lowest BCUT2D eigenvalue weighted by Gasteiger charge is -2.13. The molecule has 0 bridgehead atoms. The number of benzene rings is 1. The van der Waals surface area contributed by atoms with Crippen molar-refractivity contribution in [3.63, 3.8) is 0 Å². The van der Waals surface area contributed by atoms with Crippen LogP contribution in [-0.2, 0) is 23.8 Å². The van der Waals surface area contributed by atoms with Crippen molar-refractivity contribution in [3.05, 3.63) is 24.0 Å². The highest BCUT2D eigenvalue weighted by Crippen LogP contribution is 2.21. The summed E-state index contributed by atoms with van der Waals surface area (Å²) in [5.41, 5.74) is 0. The molecule has 1 aromatic carbocycles. The Labute approximate surface area is 127 Å². The predicted molar refractivity (Wildman–Crippen MR) is 75.7 cm³/mol. The highest BCUT2D eigenvalue weighted by atomic mass is 35.7. The van der Waals surface area contributed by atoms with Crippen molar-refractivity contribution in [2.24, 2.45) is 0 Å². The van der Waals surface area contributed by atoms with E-state index in [2.05, 4.69) is 4.72 Å². The number of halogens is 2. The van der Waals surface area contributed by atoms with E-state index in [-0.39, 0.29) is 12.6 Å². The van der Waals surface area contributed by atoms with Crippen molar-refractivity contribution in [3.8, 4) is 0 Å². The normalized spacial score (nSPS) is 14.1. The van der Waals surface area contributed by atoms with Crippen LogP contribution in [0.3, 0.4) is 0 Å². The second kappa shape index (κ2) is 7.01. The number of hydrogen-bond donors (Lipinski definition) is 1. The van der Waals surface area contributed by atoms with Crippen molar-refractivity contribution < 1.29 is 26.0 Å². The van der Waals surface area contributed by atoms with Crippen molar-refractivity contribution >= 4 is 29.8 Å². The van der Waals surface area contributed by atoms with Crippen LogP contribution < -0.4 is 4.72 Å². The number of hydrogen-bond acceptors (Lipinski definition) is 5. The van der Waals surface area contributed by atoms with Gasteiger partial charge in [-0.05, 0) is 32.0 Å². The van der Waals surface area contributed by atoms with Gasteiger partial charge in [-0.2, -0.15) is 0 Å². The maximum Gasteiger partial charge on any atom is 0.261 e. The average molecular weight is 360 g/mol. The molecule has 0 fully saturated rings. The van der Waals surface area contributed by atoms with E-state index in [9.17, 15) is 21.2 Å². The van der Waals surface area contributed by atoms with E-state index in [1.54, 1.807) is 13.8 Å². The van der Waals surface area contributed by atoms with Crippen LogP contribution in [0.2, 0.25) is 0 Å². The van der Waals surface area contributed by atoms with Crippen LogP contribution in [0.1, 0.15) is 13.8 Å². The molecule has 0 aliphatic rings. The molecule has 0 radical (unpaired) electrons. The Kier molecular flexibility index (Phi) is 6.11. The summed E-state index contributed by atoms with van der Waals surface area (Å²) in [7, 11) is -3.17. The third-order valence-electron chi connectivity index (χ3n) is 2.49. The van der Waals surface area contributed by atoms with Crippen LogP contribution in [0.4, 0.5) is 4.39 Å². The third kappa shape index (κ3) is 5.19. The largest absolute Gasteiger partial charge is 0.377 e. The van der Waals surface area contributed by atoms with Crippen LogP contribution in [0.25, 0.3) is 0 Å². The van der Waals surface area contributed by atoms with E-state index < -0.39 is 34.7 Å². The number of ether oxygens (including phenoxy) is 1. The van der Waals surface area contributed by atoms with Crippen LogP contribution in [-0.4, -0.2) is 36.1 Å². The Morgan fingerprint density at radius 1 is 1.33 bits per heavy atom. The average Bonchev–Trinajstić information content (AvgIpc) is 2.35. The molecule has 0 aliphatic carbocycles. The Hall–Kier alpha value is -0.740. The van der Waals surface area contributed by atoms with E-state index in [1.807, 2.05) is 0 Å². The van der Waals surface area contributed by atoms with Gasteiger partial charge < -0.3 is 4.74 Å². The molecule has 10 heteroatoms. The van der Waals surface area contributed by atoms with Gasteiger partial charge in [-0.3, -0.25) is 0 Å². The lowest BCUT2D eigenvalue weighted by molar-refractivity contribution is 0.0799. The monoisotopic (exact) mass is 359 g/mol. The molecule has 1 N–H and O–H groups in total. The zero-order valence-corrected chi connectivity index (χ0v) is 13.7. The first-order valence-electron chi connectivity index (χ1n) is 5.93. The summed E-state index contributed by atoms with van der Waals surface area (Å²) in [6, 6.07) is 2.33. The minimum Gasteiger partial charge on any atom is -0.377 e. The van der Waals surface area contributed by atoms with Crippen molar-refractivity contribution in [2.45, 2.75) is 29.7 Å². The van der Waals surface area contributed by atoms with Crippen molar-refractivity contribution in [2.75, 3.05) is 13.2 Å². The van der Waals surface area contributed by atoms with Gasteiger partial charge in [0, 0.05) is 23.8 Å². The van der Waals surface area contributed by atoms with E-state index in [4.69, 9.17) is 15.4 Å². The molecule has 21 heavy (non-hydrogen) atoms. The molecular weight excluding hydrogens is 345 g/mol. The zero-order valence-electron chi connectivity index (χ0n) is 11.3.